The molecule has 1 saturated heterocycles. The van der Waals surface area contributed by atoms with Crippen LogP contribution < -0.4 is 10.6 Å². The van der Waals surface area contributed by atoms with Gasteiger partial charge in [0.15, 0.2) is 5.96 Å². The third-order valence-corrected chi connectivity index (χ3v) is 5.57. The Hall–Kier alpha value is -1.36. The van der Waals surface area contributed by atoms with E-state index in [1.807, 2.05) is 25.1 Å². The molecule has 1 aromatic carbocycles. The van der Waals surface area contributed by atoms with Crippen LogP contribution in [0.25, 0.3) is 0 Å². The Morgan fingerprint density at radius 2 is 1.94 bits per heavy atom. The molecule has 0 bridgehead atoms. The van der Waals surface area contributed by atoms with E-state index in [1.165, 1.54) is 0 Å². The molecule has 9 heteroatoms. The highest BCUT2D eigenvalue weighted by Gasteiger charge is 2.24. The lowest BCUT2D eigenvalue weighted by atomic mass is 9.94. The molecule has 178 valence electrons. The fourth-order valence-electron chi connectivity index (χ4n) is 3.48. The summed E-state index contributed by atoms with van der Waals surface area (Å²) in [5.41, 5.74) is 1.04. The first-order chi connectivity index (χ1) is 14.9. The summed E-state index contributed by atoms with van der Waals surface area (Å²) < 4.78 is 11.4. The van der Waals surface area contributed by atoms with Gasteiger partial charge in [0, 0.05) is 36.6 Å². The molecule has 0 saturated carbocycles. The van der Waals surface area contributed by atoms with E-state index in [9.17, 15) is 0 Å². The Balaban J connectivity index is 0.00000363. The van der Waals surface area contributed by atoms with Gasteiger partial charge in [0.2, 0.25) is 5.89 Å². The molecule has 1 fully saturated rings. The average Bonchev–Trinajstić information content (AvgIpc) is 3.24. The van der Waals surface area contributed by atoms with Gasteiger partial charge >= 0.3 is 0 Å². The lowest BCUT2D eigenvalue weighted by Crippen LogP contribution is -2.46. The molecule has 0 aliphatic carbocycles. The summed E-state index contributed by atoms with van der Waals surface area (Å²) in [6, 6.07) is 8.15. The molecule has 1 aliphatic heterocycles. The van der Waals surface area contributed by atoms with Gasteiger partial charge in [-0.2, -0.15) is 0 Å². The summed E-state index contributed by atoms with van der Waals surface area (Å²) in [5, 5.41) is 7.56. The lowest BCUT2D eigenvalue weighted by molar-refractivity contribution is 0.0170. The second-order valence-electron chi connectivity index (χ2n) is 8.63. The largest absolute Gasteiger partial charge is 0.443 e. The van der Waals surface area contributed by atoms with Gasteiger partial charge in [-0.25, -0.2) is 9.98 Å². The Morgan fingerprint density at radius 3 is 2.56 bits per heavy atom. The molecular weight excluding hydrogens is 541 g/mol. The predicted octanol–water partition coefficient (Wildman–Crippen LogP) is 4.37. The lowest BCUT2D eigenvalue weighted by Gasteiger charge is -2.35. The van der Waals surface area contributed by atoms with E-state index in [0.29, 0.717) is 19.0 Å². The minimum atomic E-state index is -0.0714. The molecule has 0 radical (unpaired) electrons. The van der Waals surface area contributed by atoms with Crippen molar-refractivity contribution in [2.45, 2.75) is 45.7 Å². The Kier molecular flexibility index (Phi) is 10.7. The van der Waals surface area contributed by atoms with Crippen molar-refractivity contribution in [3.8, 4) is 0 Å². The second kappa shape index (κ2) is 12.8. The number of hydrogen-bond acceptors (Lipinski definition) is 5. The summed E-state index contributed by atoms with van der Waals surface area (Å²) in [4.78, 5) is 11.5. The highest BCUT2D eigenvalue weighted by Crippen LogP contribution is 2.28. The van der Waals surface area contributed by atoms with Crippen molar-refractivity contribution in [3.05, 3.63) is 52.7 Å². The number of guanidine groups is 1. The van der Waals surface area contributed by atoms with Gasteiger partial charge in [0.25, 0.3) is 0 Å². The zero-order chi connectivity index (χ0) is 22.3. The number of rotatable bonds is 7. The molecule has 1 aromatic heterocycles. The van der Waals surface area contributed by atoms with Crippen molar-refractivity contribution < 1.29 is 9.15 Å². The standard InChI is InChI=1S/C23H34ClN5O2.HI/c1-5-25-22(28-16-21-26-15-20(31-21)23(2,3)4)27-14-19(29-10-12-30-13-11-29)17-8-6-7-9-18(17)24;/h6-9,15,19H,5,10-14,16H2,1-4H3,(H2,25,27,28);1H. The van der Waals surface area contributed by atoms with Crippen LogP contribution in [0.5, 0.6) is 0 Å². The van der Waals surface area contributed by atoms with Crippen LogP contribution in [0.4, 0.5) is 0 Å². The maximum Gasteiger partial charge on any atom is 0.216 e. The molecule has 0 spiro atoms. The Bertz CT molecular complexity index is 862. The smallest absolute Gasteiger partial charge is 0.216 e. The van der Waals surface area contributed by atoms with E-state index in [1.54, 1.807) is 6.20 Å². The first-order valence-electron chi connectivity index (χ1n) is 10.9. The highest BCUT2D eigenvalue weighted by atomic mass is 127. The summed E-state index contributed by atoms with van der Waals surface area (Å²) >= 11 is 6.54. The summed E-state index contributed by atoms with van der Waals surface area (Å²) in [7, 11) is 0. The van der Waals surface area contributed by atoms with Gasteiger partial charge in [-0.1, -0.05) is 50.6 Å². The molecule has 1 unspecified atom stereocenters. The van der Waals surface area contributed by atoms with Gasteiger partial charge in [0.1, 0.15) is 12.3 Å². The third kappa shape index (κ3) is 7.60. The third-order valence-electron chi connectivity index (χ3n) is 5.22. The molecule has 32 heavy (non-hydrogen) atoms. The molecule has 7 nitrogen and oxygen atoms in total. The number of halogens is 2. The van der Waals surface area contributed by atoms with Crippen molar-refractivity contribution in [1.29, 1.82) is 0 Å². The van der Waals surface area contributed by atoms with E-state index in [4.69, 9.17) is 20.8 Å². The van der Waals surface area contributed by atoms with Gasteiger partial charge < -0.3 is 19.8 Å². The molecule has 1 atom stereocenters. The number of aromatic nitrogens is 1. The molecule has 1 aliphatic rings. The van der Waals surface area contributed by atoms with Crippen molar-refractivity contribution in [1.82, 2.24) is 20.5 Å². The number of ether oxygens (including phenoxy) is 1. The second-order valence-corrected chi connectivity index (χ2v) is 9.04. The molecular formula is C23H35ClIN5O2. The molecule has 3 rings (SSSR count). The topological polar surface area (TPSA) is 74.9 Å². The Labute approximate surface area is 213 Å². The van der Waals surface area contributed by atoms with Crippen LogP contribution >= 0.6 is 35.6 Å². The summed E-state index contributed by atoms with van der Waals surface area (Å²) in [6.45, 7) is 13.4. The SMILES string of the molecule is CCNC(=NCc1ncc(C(C)(C)C)o1)NCC(c1ccccc1Cl)N1CCOCC1.I. The number of nitrogens with one attached hydrogen (secondary N) is 2. The number of benzene rings is 1. The fourth-order valence-corrected chi connectivity index (χ4v) is 3.74. The molecule has 2 aromatic rings. The van der Waals surface area contributed by atoms with Crippen molar-refractivity contribution in [2.75, 3.05) is 39.4 Å². The number of morpholine rings is 1. The molecule has 2 N–H and O–H groups in total. The highest BCUT2D eigenvalue weighted by molar-refractivity contribution is 14.0. The van der Waals surface area contributed by atoms with Gasteiger partial charge in [-0.3, -0.25) is 4.90 Å². The zero-order valence-electron chi connectivity index (χ0n) is 19.4. The first-order valence-corrected chi connectivity index (χ1v) is 11.3. The molecule has 0 amide bonds. The maximum absolute atomic E-state index is 6.54. The minimum Gasteiger partial charge on any atom is -0.443 e. The zero-order valence-corrected chi connectivity index (χ0v) is 22.4. The van der Waals surface area contributed by atoms with Crippen LogP contribution in [0.15, 0.2) is 39.9 Å². The molecule has 2 heterocycles. The summed E-state index contributed by atoms with van der Waals surface area (Å²) in [6.07, 6.45) is 1.79. The monoisotopic (exact) mass is 575 g/mol. The van der Waals surface area contributed by atoms with Crippen LogP contribution in [0.2, 0.25) is 5.02 Å². The predicted molar refractivity (Wildman–Crippen MR) is 140 cm³/mol. The van der Waals surface area contributed by atoms with Crippen molar-refractivity contribution >= 4 is 41.5 Å². The summed E-state index contributed by atoms with van der Waals surface area (Å²) in [5.74, 6) is 2.20. The number of oxazole rings is 1. The number of hydrogen-bond donors (Lipinski definition) is 2. The maximum atomic E-state index is 6.54. The van der Waals surface area contributed by atoms with Crippen LogP contribution in [0.1, 0.15) is 51.0 Å². The van der Waals surface area contributed by atoms with Crippen molar-refractivity contribution in [2.24, 2.45) is 4.99 Å². The van der Waals surface area contributed by atoms with Crippen LogP contribution in [0.3, 0.4) is 0 Å². The van der Waals surface area contributed by atoms with E-state index >= 15 is 0 Å². The quantitative estimate of drug-likeness (QED) is 0.290. The number of nitrogens with zero attached hydrogens (tertiary/aromatic N) is 3. The van der Waals surface area contributed by atoms with E-state index in [2.05, 4.69) is 52.3 Å². The van der Waals surface area contributed by atoms with Crippen molar-refractivity contribution in [3.63, 3.8) is 0 Å². The normalized spacial score (nSPS) is 16.3. The first kappa shape index (κ1) is 26.9. The van der Waals surface area contributed by atoms with Gasteiger partial charge in [-0.05, 0) is 18.6 Å². The van der Waals surface area contributed by atoms with E-state index in [-0.39, 0.29) is 35.4 Å². The van der Waals surface area contributed by atoms with E-state index in [0.717, 1.165) is 55.2 Å². The van der Waals surface area contributed by atoms with Crippen LogP contribution in [-0.2, 0) is 16.7 Å². The van der Waals surface area contributed by atoms with Gasteiger partial charge in [0.05, 0.1) is 25.5 Å². The van der Waals surface area contributed by atoms with Crippen LogP contribution in [-0.4, -0.2) is 55.2 Å². The van der Waals surface area contributed by atoms with E-state index < -0.39 is 0 Å². The minimum absolute atomic E-state index is 0. The number of aliphatic imine (C=N–C) groups is 1. The fraction of sp³-hybridized carbons (Fsp3) is 0.565. The van der Waals surface area contributed by atoms with Gasteiger partial charge in [-0.15, -0.1) is 24.0 Å². The van der Waals surface area contributed by atoms with Crippen LogP contribution in [0, 0.1) is 0 Å². The Morgan fingerprint density at radius 1 is 1.22 bits per heavy atom. The average molecular weight is 576 g/mol.